The van der Waals surface area contributed by atoms with E-state index < -0.39 is 5.91 Å². The first-order valence-electron chi connectivity index (χ1n) is 6.08. The zero-order valence-electron chi connectivity index (χ0n) is 10.5. The van der Waals surface area contributed by atoms with Crippen LogP contribution in [0.15, 0.2) is 23.1 Å². The van der Waals surface area contributed by atoms with Gasteiger partial charge in [0.2, 0.25) is 5.82 Å². The van der Waals surface area contributed by atoms with Gasteiger partial charge in [-0.15, -0.1) is 0 Å². The van der Waals surface area contributed by atoms with E-state index in [1.165, 1.54) is 23.6 Å². The van der Waals surface area contributed by atoms with E-state index in [9.17, 15) is 4.79 Å². The van der Waals surface area contributed by atoms with Gasteiger partial charge in [-0.3, -0.25) is 14.8 Å². The van der Waals surface area contributed by atoms with Gasteiger partial charge in [0.25, 0.3) is 0 Å². The molecule has 2 aromatic rings. The first-order chi connectivity index (χ1) is 9.84. The molecule has 1 aliphatic heterocycles. The van der Waals surface area contributed by atoms with Gasteiger partial charge in [-0.25, -0.2) is 10.4 Å². The number of hydrazine groups is 1. The maximum atomic E-state index is 12.2. The molecule has 0 atom stereocenters. The molecule has 0 bridgehead atoms. The molecular weight excluding hydrogens is 264 g/mol. The Morgan fingerprint density at radius 3 is 3.15 bits per heavy atom. The summed E-state index contributed by atoms with van der Waals surface area (Å²) >= 11 is 0. The van der Waals surface area contributed by atoms with Crippen LogP contribution in [-0.2, 0) is 4.74 Å². The maximum Gasteiger partial charge on any atom is 0.326 e. The summed E-state index contributed by atoms with van der Waals surface area (Å²) in [5.41, 5.74) is 3.38. The van der Waals surface area contributed by atoms with Crippen molar-refractivity contribution in [2.75, 3.05) is 26.3 Å². The summed E-state index contributed by atoms with van der Waals surface area (Å²) in [5, 5.41) is 5.13. The molecule has 0 radical (unpaired) electrons. The Morgan fingerprint density at radius 1 is 1.35 bits per heavy atom. The molecule has 9 nitrogen and oxygen atoms in total. The number of hydrogen-bond donors (Lipinski definition) is 1. The summed E-state index contributed by atoms with van der Waals surface area (Å²) < 4.78 is 10.2. The van der Waals surface area contributed by atoms with E-state index in [4.69, 9.17) is 9.26 Å². The number of hydrogen-bond acceptors (Lipinski definition) is 8. The Kier molecular flexibility index (Phi) is 3.61. The van der Waals surface area contributed by atoms with Gasteiger partial charge in [-0.05, 0) is 0 Å². The normalized spacial score (nSPS) is 15.9. The average molecular weight is 276 g/mol. The van der Waals surface area contributed by atoms with Crippen LogP contribution in [0.2, 0.25) is 0 Å². The molecule has 1 saturated heterocycles. The molecule has 2 aromatic heterocycles. The minimum atomic E-state index is -0.391. The molecule has 3 heterocycles. The fourth-order valence-corrected chi connectivity index (χ4v) is 1.71. The van der Waals surface area contributed by atoms with Crippen molar-refractivity contribution in [1.82, 2.24) is 30.5 Å². The van der Waals surface area contributed by atoms with Gasteiger partial charge < -0.3 is 9.26 Å². The fourth-order valence-electron chi connectivity index (χ4n) is 1.71. The number of aromatic nitrogens is 4. The molecule has 0 aliphatic carbocycles. The van der Waals surface area contributed by atoms with Crippen molar-refractivity contribution in [2.24, 2.45) is 0 Å². The molecule has 1 N–H and O–H groups in total. The molecule has 0 saturated carbocycles. The van der Waals surface area contributed by atoms with Crippen LogP contribution in [-0.4, -0.2) is 57.3 Å². The van der Waals surface area contributed by atoms with Crippen LogP contribution in [0.3, 0.4) is 0 Å². The predicted octanol–water partition coefficient (Wildman–Crippen LogP) is -0.496. The van der Waals surface area contributed by atoms with Crippen molar-refractivity contribution in [3.63, 3.8) is 0 Å². The van der Waals surface area contributed by atoms with Crippen molar-refractivity contribution in [3.8, 4) is 11.5 Å². The van der Waals surface area contributed by atoms with Crippen LogP contribution in [0.25, 0.3) is 11.5 Å². The van der Waals surface area contributed by atoms with Crippen molar-refractivity contribution < 1.29 is 14.1 Å². The van der Waals surface area contributed by atoms with E-state index in [1.54, 1.807) is 0 Å². The molecule has 0 unspecified atom stereocenters. The second-order valence-corrected chi connectivity index (χ2v) is 3.99. The smallest absolute Gasteiger partial charge is 0.326 e. The van der Waals surface area contributed by atoms with Crippen LogP contribution in [0.4, 0.5) is 0 Å². The lowest BCUT2D eigenvalue weighted by Gasteiger charge is -2.17. The van der Waals surface area contributed by atoms with Crippen LogP contribution >= 0.6 is 0 Å². The number of amides is 1. The number of carbonyl (C=O) groups is 1. The topological polar surface area (TPSA) is 106 Å². The monoisotopic (exact) mass is 276 g/mol. The van der Waals surface area contributed by atoms with Crippen LogP contribution < -0.4 is 5.43 Å². The van der Waals surface area contributed by atoms with Gasteiger partial charge in [-0.1, -0.05) is 5.16 Å². The summed E-state index contributed by atoms with van der Waals surface area (Å²) in [6.07, 6.45) is 4.55. The molecule has 0 spiro atoms. The van der Waals surface area contributed by atoms with Crippen molar-refractivity contribution in [3.05, 3.63) is 24.5 Å². The minimum Gasteiger partial charge on any atom is -0.378 e. The Balaban J connectivity index is 1.77. The molecule has 3 rings (SSSR count). The molecule has 20 heavy (non-hydrogen) atoms. The highest BCUT2D eigenvalue weighted by molar-refractivity contribution is 5.89. The van der Waals surface area contributed by atoms with Gasteiger partial charge in [0.15, 0.2) is 0 Å². The van der Waals surface area contributed by atoms with Gasteiger partial charge in [0.1, 0.15) is 5.69 Å². The number of nitrogens with one attached hydrogen (secondary N) is 1. The summed E-state index contributed by atoms with van der Waals surface area (Å²) in [6.45, 7) is 1.99. The van der Waals surface area contributed by atoms with Crippen LogP contribution in [0.5, 0.6) is 0 Å². The summed E-state index contributed by atoms with van der Waals surface area (Å²) in [6, 6.07) is 0. The van der Waals surface area contributed by atoms with Crippen molar-refractivity contribution in [1.29, 1.82) is 0 Å². The molecule has 1 aliphatic rings. The molecule has 104 valence electrons. The zero-order valence-corrected chi connectivity index (χ0v) is 10.5. The van der Waals surface area contributed by atoms with Crippen LogP contribution in [0.1, 0.15) is 10.7 Å². The highest BCUT2D eigenvalue weighted by Crippen LogP contribution is 2.11. The predicted molar refractivity (Wildman–Crippen MR) is 65.2 cm³/mol. The Hall–Kier alpha value is -2.39. The number of rotatable bonds is 2. The van der Waals surface area contributed by atoms with E-state index in [0.29, 0.717) is 32.0 Å². The summed E-state index contributed by atoms with van der Waals surface area (Å²) in [7, 11) is 0. The number of carbonyl (C=O) groups excluding carboxylic acids is 1. The minimum absolute atomic E-state index is 0.0972. The summed E-state index contributed by atoms with van der Waals surface area (Å²) in [5.74, 6) is -0.259. The Labute approximate surface area is 113 Å². The van der Waals surface area contributed by atoms with Crippen molar-refractivity contribution >= 4 is 5.91 Å². The second-order valence-electron chi connectivity index (χ2n) is 3.99. The number of ether oxygens (including phenoxy) is 1. The zero-order chi connectivity index (χ0) is 13.8. The highest BCUT2D eigenvalue weighted by Gasteiger charge is 2.23. The molecule has 0 aromatic carbocycles. The van der Waals surface area contributed by atoms with E-state index in [1.807, 2.05) is 0 Å². The van der Waals surface area contributed by atoms with E-state index in [-0.39, 0.29) is 11.7 Å². The summed E-state index contributed by atoms with van der Waals surface area (Å²) in [4.78, 5) is 24.2. The average Bonchev–Trinajstić information content (AvgIpc) is 2.83. The lowest BCUT2D eigenvalue weighted by Crippen LogP contribution is -2.43. The van der Waals surface area contributed by atoms with Gasteiger partial charge in [0.05, 0.1) is 26.0 Å². The third kappa shape index (κ3) is 2.63. The standard InChI is InChI=1S/C11H12N6O3/c18-11(17-4-6-19-5-3-14-17)10-15-9(16-20-10)8-7-12-1-2-13-8/h1-2,7,14H,3-6H2. The Bertz CT molecular complexity index is 579. The highest BCUT2D eigenvalue weighted by atomic mass is 16.5. The van der Waals surface area contributed by atoms with E-state index in [0.717, 1.165) is 0 Å². The van der Waals surface area contributed by atoms with Crippen molar-refractivity contribution in [2.45, 2.75) is 0 Å². The molecule has 1 amide bonds. The fraction of sp³-hybridized carbons (Fsp3) is 0.364. The molecular formula is C11H12N6O3. The number of nitrogens with zero attached hydrogens (tertiary/aromatic N) is 5. The van der Waals surface area contributed by atoms with Gasteiger partial charge in [-0.2, -0.15) is 4.98 Å². The Morgan fingerprint density at radius 2 is 2.30 bits per heavy atom. The quantitative estimate of drug-likeness (QED) is 0.782. The van der Waals surface area contributed by atoms with Gasteiger partial charge in [0, 0.05) is 18.9 Å². The first-order valence-corrected chi connectivity index (χ1v) is 6.08. The third-order valence-electron chi connectivity index (χ3n) is 2.65. The lowest BCUT2D eigenvalue weighted by molar-refractivity contribution is 0.0610. The molecule has 1 fully saturated rings. The van der Waals surface area contributed by atoms with Gasteiger partial charge >= 0.3 is 11.8 Å². The lowest BCUT2D eigenvalue weighted by atomic mass is 10.4. The van der Waals surface area contributed by atoms with E-state index in [2.05, 4.69) is 25.5 Å². The van der Waals surface area contributed by atoms with E-state index >= 15 is 0 Å². The first kappa shape index (κ1) is 12.6. The SMILES string of the molecule is O=C(c1nc(-c2cnccn2)no1)N1CCOCCN1. The maximum absolute atomic E-state index is 12.2. The third-order valence-corrected chi connectivity index (χ3v) is 2.65. The van der Waals surface area contributed by atoms with Crippen LogP contribution in [0, 0.1) is 0 Å². The largest absolute Gasteiger partial charge is 0.378 e. The molecule has 9 heteroatoms. The second kappa shape index (κ2) is 5.72.